The summed E-state index contributed by atoms with van der Waals surface area (Å²) in [5.41, 5.74) is 0.970. The monoisotopic (exact) mass is 239 g/mol. The number of carboxylic acids is 1. The summed E-state index contributed by atoms with van der Waals surface area (Å²) in [5.74, 6) is -0.787. The molecule has 0 bridgehead atoms. The number of piperidine rings is 1. The van der Waals surface area contributed by atoms with Gasteiger partial charge in [0.25, 0.3) is 0 Å². The summed E-state index contributed by atoms with van der Waals surface area (Å²) in [6.45, 7) is 4.15. The Kier molecular flexibility index (Phi) is 3.49. The largest absolute Gasteiger partial charge is 0.477 e. The molecule has 1 aliphatic heterocycles. The van der Waals surface area contributed by atoms with Crippen LogP contribution >= 0.6 is 11.3 Å². The Morgan fingerprint density at radius 3 is 2.62 bits per heavy atom. The smallest absolute Gasteiger partial charge is 0.346 e. The van der Waals surface area contributed by atoms with Crippen molar-refractivity contribution in [1.29, 1.82) is 0 Å². The van der Waals surface area contributed by atoms with Crippen molar-refractivity contribution in [3.63, 3.8) is 0 Å². The predicted octanol–water partition coefficient (Wildman–Crippen LogP) is 3.00. The lowest BCUT2D eigenvalue weighted by Crippen LogP contribution is -2.28. The molecule has 0 spiro atoms. The van der Waals surface area contributed by atoms with Gasteiger partial charge in [0.05, 0.1) is 5.00 Å². The number of anilines is 1. The van der Waals surface area contributed by atoms with Gasteiger partial charge in [-0.3, -0.25) is 0 Å². The zero-order chi connectivity index (χ0) is 11.5. The van der Waals surface area contributed by atoms with Gasteiger partial charge in [0.2, 0.25) is 0 Å². The van der Waals surface area contributed by atoms with Crippen molar-refractivity contribution in [2.24, 2.45) is 0 Å². The Bertz CT molecular complexity index is 380. The standard InChI is InChI=1S/C12H17NO2S/c1-2-9-8-10(16-11(9)12(14)15)13-6-4-3-5-7-13/h8H,2-7H2,1H3,(H,14,15). The second-order valence-electron chi connectivity index (χ2n) is 4.15. The fourth-order valence-corrected chi connectivity index (χ4v) is 3.27. The fraction of sp³-hybridized carbons (Fsp3) is 0.583. The number of rotatable bonds is 3. The molecule has 16 heavy (non-hydrogen) atoms. The summed E-state index contributed by atoms with van der Waals surface area (Å²) in [5, 5.41) is 10.2. The van der Waals surface area contributed by atoms with E-state index >= 15 is 0 Å². The van der Waals surface area contributed by atoms with Gasteiger partial charge in [0.1, 0.15) is 4.88 Å². The van der Waals surface area contributed by atoms with Crippen molar-refractivity contribution in [1.82, 2.24) is 0 Å². The third-order valence-corrected chi connectivity index (χ3v) is 4.26. The Labute approximate surface area is 99.7 Å². The molecule has 0 atom stereocenters. The van der Waals surface area contributed by atoms with E-state index in [1.807, 2.05) is 6.92 Å². The molecule has 1 aromatic rings. The second kappa shape index (κ2) is 4.87. The average Bonchev–Trinajstić information content (AvgIpc) is 2.74. The van der Waals surface area contributed by atoms with Crippen LogP contribution in [-0.2, 0) is 6.42 Å². The molecule has 0 amide bonds. The molecule has 1 fully saturated rings. The predicted molar refractivity (Wildman–Crippen MR) is 66.7 cm³/mol. The van der Waals surface area contributed by atoms with Gasteiger partial charge >= 0.3 is 5.97 Å². The number of hydrogen-bond acceptors (Lipinski definition) is 3. The molecule has 1 saturated heterocycles. The van der Waals surface area contributed by atoms with Crippen molar-refractivity contribution in [3.8, 4) is 0 Å². The minimum Gasteiger partial charge on any atom is -0.477 e. The molecule has 0 radical (unpaired) electrons. The normalized spacial score (nSPS) is 16.4. The molecule has 0 aliphatic carbocycles. The summed E-state index contributed by atoms with van der Waals surface area (Å²) in [6, 6.07) is 2.06. The van der Waals surface area contributed by atoms with Gasteiger partial charge in [0, 0.05) is 13.1 Å². The summed E-state index contributed by atoms with van der Waals surface area (Å²) in [4.78, 5) is 13.9. The number of hydrogen-bond donors (Lipinski definition) is 1. The lowest BCUT2D eigenvalue weighted by Gasteiger charge is -2.27. The fourth-order valence-electron chi connectivity index (χ4n) is 2.13. The van der Waals surface area contributed by atoms with E-state index in [9.17, 15) is 4.79 Å². The van der Waals surface area contributed by atoms with E-state index in [1.54, 1.807) is 0 Å². The maximum atomic E-state index is 11.1. The molecular formula is C12H17NO2S. The van der Waals surface area contributed by atoms with Gasteiger partial charge in [-0.2, -0.15) is 0 Å². The lowest BCUT2D eigenvalue weighted by molar-refractivity contribution is 0.0701. The van der Waals surface area contributed by atoms with Crippen molar-refractivity contribution in [2.75, 3.05) is 18.0 Å². The Morgan fingerprint density at radius 2 is 2.12 bits per heavy atom. The Balaban J connectivity index is 2.24. The van der Waals surface area contributed by atoms with Gasteiger partial charge in [-0.25, -0.2) is 4.79 Å². The van der Waals surface area contributed by atoms with Crippen LogP contribution in [0.2, 0.25) is 0 Å². The van der Waals surface area contributed by atoms with E-state index in [0.717, 1.165) is 30.1 Å². The third kappa shape index (κ3) is 2.21. The highest BCUT2D eigenvalue weighted by Crippen LogP contribution is 2.32. The first kappa shape index (κ1) is 11.5. The van der Waals surface area contributed by atoms with Crippen LogP contribution in [-0.4, -0.2) is 24.2 Å². The second-order valence-corrected chi connectivity index (χ2v) is 5.18. The van der Waals surface area contributed by atoms with E-state index in [-0.39, 0.29) is 0 Å². The molecule has 1 aromatic heterocycles. The van der Waals surface area contributed by atoms with Crippen LogP contribution in [0.5, 0.6) is 0 Å². The first-order valence-corrected chi connectivity index (χ1v) is 6.65. The summed E-state index contributed by atoms with van der Waals surface area (Å²) >= 11 is 1.43. The molecule has 0 unspecified atom stereocenters. The van der Waals surface area contributed by atoms with Crippen LogP contribution in [0.25, 0.3) is 0 Å². The molecule has 0 aromatic carbocycles. The minimum absolute atomic E-state index is 0.517. The van der Waals surface area contributed by atoms with Gasteiger partial charge in [-0.05, 0) is 37.3 Å². The maximum absolute atomic E-state index is 11.1. The molecular weight excluding hydrogens is 222 g/mol. The highest BCUT2D eigenvalue weighted by Gasteiger charge is 2.18. The van der Waals surface area contributed by atoms with E-state index in [1.165, 1.54) is 30.6 Å². The number of carbonyl (C=O) groups is 1. The quantitative estimate of drug-likeness (QED) is 0.881. The van der Waals surface area contributed by atoms with E-state index in [0.29, 0.717) is 4.88 Å². The summed E-state index contributed by atoms with van der Waals surface area (Å²) in [6.07, 6.45) is 4.55. The lowest BCUT2D eigenvalue weighted by atomic mass is 10.1. The Hall–Kier alpha value is -1.03. The van der Waals surface area contributed by atoms with Crippen molar-refractivity contribution < 1.29 is 9.90 Å². The third-order valence-electron chi connectivity index (χ3n) is 3.04. The molecule has 2 heterocycles. The number of aryl methyl sites for hydroxylation is 1. The number of thiophene rings is 1. The van der Waals surface area contributed by atoms with Crippen LogP contribution in [0.1, 0.15) is 41.4 Å². The van der Waals surface area contributed by atoms with Crippen LogP contribution in [0.3, 0.4) is 0 Å². The topological polar surface area (TPSA) is 40.5 Å². The van der Waals surface area contributed by atoms with Gasteiger partial charge in [-0.1, -0.05) is 6.92 Å². The number of carboxylic acid groups (broad SMARTS) is 1. The Morgan fingerprint density at radius 1 is 1.44 bits per heavy atom. The molecule has 2 rings (SSSR count). The summed E-state index contributed by atoms with van der Waals surface area (Å²) in [7, 11) is 0. The highest BCUT2D eigenvalue weighted by atomic mass is 32.1. The average molecular weight is 239 g/mol. The van der Waals surface area contributed by atoms with E-state index < -0.39 is 5.97 Å². The molecule has 88 valence electrons. The zero-order valence-electron chi connectivity index (χ0n) is 9.53. The first-order chi connectivity index (χ1) is 7.72. The maximum Gasteiger partial charge on any atom is 0.346 e. The number of nitrogens with zero attached hydrogens (tertiary/aromatic N) is 1. The van der Waals surface area contributed by atoms with Crippen molar-refractivity contribution >= 4 is 22.3 Å². The first-order valence-electron chi connectivity index (χ1n) is 5.83. The van der Waals surface area contributed by atoms with Gasteiger partial charge < -0.3 is 10.0 Å². The number of aromatic carboxylic acids is 1. The van der Waals surface area contributed by atoms with Crippen LogP contribution in [0.4, 0.5) is 5.00 Å². The molecule has 0 saturated carbocycles. The van der Waals surface area contributed by atoms with E-state index in [2.05, 4.69) is 11.0 Å². The van der Waals surface area contributed by atoms with Gasteiger partial charge in [-0.15, -0.1) is 11.3 Å². The van der Waals surface area contributed by atoms with Gasteiger partial charge in [0.15, 0.2) is 0 Å². The SMILES string of the molecule is CCc1cc(N2CCCCC2)sc1C(=O)O. The van der Waals surface area contributed by atoms with Crippen LogP contribution < -0.4 is 4.90 Å². The van der Waals surface area contributed by atoms with E-state index in [4.69, 9.17) is 5.11 Å². The molecule has 1 N–H and O–H groups in total. The molecule has 4 heteroatoms. The van der Waals surface area contributed by atoms with Crippen molar-refractivity contribution in [3.05, 3.63) is 16.5 Å². The molecule has 3 nitrogen and oxygen atoms in total. The summed E-state index contributed by atoms with van der Waals surface area (Å²) < 4.78 is 0. The van der Waals surface area contributed by atoms with Crippen LogP contribution in [0.15, 0.2) is 6.07 Å². The van der Waals surface area contributed by atoms with Crippen LogP contribution in [0, 0.1) is 0 Å². The highest BCUT2D eigenvalue weighted by molar-refractivity contribution is 7.18. The molecule has 1 aliphatic rings. The minimum atomic E-state index is -0.787. The zero-order valence-corrected chi connectivity index (χ0v) is 10.3. The van der Waals surface area contributed by atoms with Crippen molar-refractivity contribution in [2.45, 2.75) is 32.6 Å².